The van der Waals surface area contributed by atoms with Crippen molar-refractivity contribution >= 4 is 24.5 Å². The summed E-state index contributed by atoms with van der Waals surface area (Å²) in [5, 5.41) is 4.49. The van der Waals surface area contributed by atoms with E-state index in [-0.39, 0.29) is 18.3 Å². The van der Waals surface area contributed by atoms with Gasteiger partial charge in [-0.05, 0) is 27.7 Å². The fourth-order valence-electron chi connectivity index (χ4n) is 2.53. The molecule has 5 nitrogen and oxygen atoms in total. The lowest BCUT2D eigenvalue weighted by molar-refractivity contribution is 0.00578. The second kappa shape index (κ2) is 5.30. The minimum absolute atomic E-state index is 0.301. The average Bonchev–Trinajstić information content (AvgIpc) is 2.87. The molecule has 0 saturated carbocycles. The van der Waals surface area contributed by atoms with Crippen LogP contribution >= 0.6 is 11.9 Å². The van der Waals surface area contributed by atoms with Crippen LogP contribution in [0.4, 0.5) is 0 Å². The first kappa shape index (κ1) is 15.4. The van der Waals surface area contributed by atoms with Crippen LogP contribution in [-0.4, -0.2) is 51.2 Å². The molecule has 1 aromatic rings. The molecule has 1 aromatic heterocycles. The Hall–Kier alpha value is -0.495. The van der Waals surface area contributed by atoms with Crippen molar-refractivity contribution in [3.63, 3.8) is 0 Å². The summed E-state index contributed by atoms with van der Waals surface area (Å²) in [5.41, 5.74) is 0.408. The van der Waals surface area contributed by atoms with Crippen LogP contribution in [0.1, 0.15) is 40.7 Å². The fraction of sp³-hybridized carbons (Fsp3) is 0.786. The van der Waals surface area contributed by atoms with E-state index < -0.39 is 0 Å². The molecule has 0 aromatic carbocycles. The molecule has 0 atom stereocenters. The monoisotopic (exact) mass is 309 g/mol. The summed E-state index contributed by atoms with van der Waals surface area (Å²) in [6.45, 7) is 12.6. The molecule has 2 aliphatic rings. The van der Waals surface area contributed by atoms with Gasteiger partial charge >= 0.3 is 7.12 Å². The predicted octanol–water partition coefficient (Wildman–Crippen LogP) is 1.71. The Labute approximate surface area is 131 Å². The minimum Gasteiger partial charge on any atom is -0.399 e. The van der Waals surface area contributed by atoms with Crippen LogP contribution in [0.3, 0.4) is 0 Å². The molecule has 0 radical (unpaired) electrons. The molecule has 0 unspecified atom stereocenters. The smallest absolute Gasteiger partial charge is 0.399 e. The highest BCUT2D eigenvalue weighted by molar-refractivity contribution is 7.97. The highest BCUT2D eigenvalue weighted by Gasteiger charge is 2.52. The lowest BCUT2D eigenvalue weighted by Gasteiger charge is -2.37. The maximum atomic E-state index is 6.06. The molecule has 0 amide bonds. The van der Waals surface area contributed by atoms with Gasteiger partial charge < -0.3 is 9.31 Å². The quantitative estimate of drug-likeness (QED) is 0.625. The van der Waals surface area contributed by atoms with Crippen LogP contribution in [0.15, 0.2) is 12.4 Å². The summed E-state index contributed by atoms with van der Waals surface area (Å²) in [6, 6.07) is 0.472. The van der Waals surface area contributed by atoms with Gasteiger partial charge in [0.15, 0.2) is 0 Å². The zero-order valence-corrected chi connectivity index (χ0v) is 14.3. The molecule has 0 N–H and O–H groups in total. The molecule has 0 bridgehead atoms. The first-order valence-electron chi connectivity index (χ1n) is 7.60. The van der Waals surface area contributed by atoms with Crippen molar-refractivity contribution in [2.75, 3.05) is 18.8 Å². The maximum absolute atomic E-state index is 6.06. The number of nitrogens with zero attached hydrogens (tertiary/aromatic N) is 3. The maximum Gasteiger partial charge on any atom is 0.498 e. The molecule has 0 aliphatic carbocycles. The zero-order valence-electron chi connectivity index (χ0n) is 13.5. The van der Waals surface area contributed by atoms with Gasteiger partial charge in [0.2, 0.25) is 0 Å². The lowest BCUT2D eigenvalue weighted by atomic mass is 9.82. The summed E-state index contributed by atoms with van der Waals surface area (Å²) in [5.74, 6) is 1.13. The first-order valence-corrected chi connectivity index (χ1v) is 8.54. The Bertz CT molecular complexity index is 498. The summed E-state index contributed by atoms with van der Waals surface area (Å²) >= 11 is 1.89. The third kappa shape index (κ3) is 2.76. The second-order valence-electron chi connectivity index (χ2n) is 6.76. The number of hydrogen-bond donors (Lipinski definition) is 0. The molecule has 3 heterocycles. The van der Waals surface area contributed by atoms with Crippen LogP contribution < -0.4 is 5.46 Å². The van der Waals surface area contributed by atoms with Crippen molar-refractivity contribution in [1.82, 2.24) is 14.1 Å². The van der Waals surface area contributed by atoms with E-state index in [0.29, 0.717) is 6.04 Å². The van der Waals surface area contributed by atoms with E-state index in [1.807, 2.05) is 22.8 Å². The van der Waals surface area contributed by atoms with Crippen molar-refractivity contribution in [1.29, 1.82) is 0 Å². The van der Waals surface area contributed by atoms with Crippen LogP contribution in [0.5, 0.6) is 0 Å². The van der Waals surface area contributed by atoms with Crippen molar-refractivity contribution in [3.05, 3.63) is 12.4 Å². The van der Waals surface area contributed by atoms with Crippen molar-refractivity contribution in [3.8, 4) is 0 Å². The molecular formula is C14H24BN3O2S. The van der Waals surface area contributed by atoms with Crippen molar-refractivity contribution in [2.45, 2.75) is 51.9 Å². The highest BCUT2D eigenvalue weighted by atomic mass is 32.2. The van der Waals surface area contributed by atoms with Crippen LogP contribution in [0, 0.1) is 0 Å². The molecular weight excluding hydrogens is 285 g/mol. The van der Waals surface area contributed by atoms with Gasteiger partial charge in [0.25, 0.3) is 0 Å². The molecule has 7 heteroatoms. The Kier molecular flexibility index (Phi) is 3.89. The standard InChI is InChI=1S/C14H24BN3O2S/c1-6-21-17-9-12(10-17)18-8-11(7-16-18)15-19-13(2,3)14(4,5)20-15/h7-8,12H,6,9-10H2,1-5H3. The van der Waals surface area contributed by atoms with Gasteiger partial charge in [-0.25, -0.2) is 4.31 Å². The van der Waals surface area contributed by atoms with E-state index in [4.69, 9.17) is 9.31 Å². The molecule has 116 valence electrons. The Morgan fingerprint density at radius 3 is 2.48 bits per heavy atom. The van der Waals surface area contributed by atoms with Crippen molar-refractivity contribution < 1.29 is 9.31 Å². The van der Waals surface area contributed by atoms with E-state index in [1.54, 1.807) is 0 Å². The average molecular weight is 309 g/mol. The number of rotatable bonds is 4. The number of aromatic nitrogens is 2. The topological polar surface area (TPSA) is 39.5 Å². The Morgan fingerprint density at radius 1 is 1.29 bits per heavy atom. The molecule has 2 saturated heterocycles. The third-order valence-corrected chi connectivity index (χ3v) is 5.58. The second-order valence-corrected chi connectivity index (χ2v) is 8.11. The third-order valence-electron chi connectivity index (χ3n) is 4.66. The Balaban J connectivity index is 1.64. The molecule has 3 rings (SSSR count). The SMILES string of the molecule is CCSN1CC(n2cc(B3OC(C)(C)C(C)(C)O3)cn2)C1. The molecule has 0 spiro atoms. The summed E-state index contributed by atoms with van der Waals surface area (Å²) < 4.78 is 16.6. The van der Waals surface area contributed by atoms with E-state index in [9.17, 15) is 0 Å². The van der Waals surface area contributed by atoms with Gasteiger partial charge in [0.1, 0.15) is 0 Å². The van der Waals surface area contributed by atoms with Gasteiger partial charge in [0.05, 0.1) is 17.2 Å². The fourth-order valence-corrected chi connectivity index (χ4v) is 3.45. The highest BCUT2D eigenvalue weighted by Crippen LogP contribution is 2.36. The van der Waals surface area contributed by atoms with Crippen LogP contribution in [-0.2, 0) is 9.31 Å². The van der Waals surface area contributed by atoms with Gasteiger partial charge in [-0.1, -0.05) is 18.9 Å². The minimum atomic E-state index is -0.315. The number of hydrogen-bond acceptors (Lipinski definition) is 5. The van der Waals surface area contributed by atoms with Crippen molar-refractivity contribution in [2.24, 2.45) is 0 Å². The molecule has 21 heavy (non-hydrogen) atoms. The van der Waals surface area contributed by atoms with Gasteiger partial charge in [0, 0.05) is 36.7 Å². The Morgan fingerprint density at radius 2 is 1.90 bits per heavy atom. The van der Waals surface area contributed by atoms with Crippen LogP contribution in [0.25, 0.3) is 0 Å². The summed E-state index contributed by atoms with van der Waals surface area (Å²) in [4.78, 5) is 0. The van der Waals surface area contributed by atoms with E-state index >= 15 is 0 Å². The van der Waals surface area contributed by atoms with E-state index in [2.05, 4.69) is 50.2 Å². The van der Waals surface area contributed by atoms with Gasteiger partial charge in [-0.3, -0.25) is 4.68 Å². The van der Waals surface area contributed by atoms with Crippen LogP contribution in [0.2, 0.25) is 0 Å². The normalized spacial score (nSPS) is 25.3. The van der Waals surface area contributed by atoms with Gasteiger partial charge in [-0.2, -0.15) is 5.10 Å². The molecule has 2 aliphatic heterocycles. The summed E-state index contributed by atoms with van der Waals surface area (Å²) in [6.07, 6.45) is 3.94. The van der Waals surface area contributed by atoms with E-state index in [1.165, 1.54) is 0 Å². The first-order chi connectivity index (χ1) is 9.82. The van der Waals surface area contributed by atoms with Gasteiger partial charge in [-0.15, -0.1) is 0 Å². The molecule has 2 fully saturated rings. The predicted molar refractivity (Wildman–Crippen MR) is 86.7 cm³/mol. The lowest BCUT2D eigenvalue weighted by Crippen LogP contribution is -2.44. The largest absolute Gasteiger partial charge is 0.498 e. The zero-order chi connectivity index (χ0) is 15.3. The van der Waals surface area contributed by atoms with E-state index in [0.717, 1.165) is 24.3 Å². The summed E-state index contributed by atoms with van der Waals surface area (Å²) in [7, 11) is -0.315.